The number of hydrogen-bond acceptors (Lipinski definition) is 4. The zero-order valence-electron chi connectivity index (χ0n) is 21.5. The van der Waals surface area contributed by atoms with Crippen molar-refractivity contribution in [1.29, 1.82) is 0 Å². The number of rotatable bonds is 11. The van der Waals surface area contributed by atoms with Gasteiger partial charge in [-0.1, -0.05) is 60.0 Å². The fraction of sp³-hybridized carbons (Fsp3) is 0.286. The Morgan fingerprint density at radius 3 is 1.95 bits per heavy atom. The second kappa shape index (κ2) is 13.1. The predicted octanol–water partition coefficient (Wildman–Crippen LogP) is 5.44. The molecule has 0 spiro atoms. The second-order valence-electron chi connectivity index (χ2n) is 8.77. The first kappa shape index (κ1) is 29.5. The zero-order valence-corrected chi connectivity index (χ0v) is 23.9. The van der Waals surface area contributed by atoms with Crippen molar-refractivity contribution in [3.63, 3.8) is 0 Å². The highest BCUT2D eigenvalue weighted by Crippen LogP contribution is 2.26. The van der Waals surface area contributed by atoms with Gasteiger partial charge in [0, 0.05) is 23.1 Å². The number of anilines is 1. The molecule has 0 aliphatic heterocycles. The lowest BCUT2D eigenvalue weighted by Gasteiger charge is -2.33. The highest BCUT2D eigenvalue weighted by Gasteiger charge is 2.33. The number of nitrogens with one attached hydrogen (secondary N) is 1. The van der Waals surface area contributed by atoms with E-state index in [0.29, 0.717) is 23.0 Å². The number of hydrogen-bond donors (Lipinski definition) is 1. The summed E-state index contributed by atoms with van der Waals surface area (Å²) in [6.45, 7) is 5.45. The Labute approximate surface area is 234 Å². The van der Waals surface area contributed by atoms with Crippen LogP contribution in [0.1, 0.15) is 31.4 Å². The minimum Gasteiger partial charge on any atom is -0.355 e. The van der Waals surface area contributed by atoms with E-state index in [1.54, 1.807) is 67.6 Å². The molecule has 3 rings (SSSR count). The van der Waals surface area contributed by atoms with Crippen LogP contribution in [0, 0.1) is 6.92 Å². The maximum absolute atomic E-state index is 13.9. The number of likely N-dealkylation sites (N-methyl/N-ethyl adjacent to an activating group) is 1. The van der Waals surface area contributed by atoms with Crippen LogP contribution < -0.4 is 9.62 Å². The molecule has 10 heteroatoms. The predicted molar refractivity (Wildman–Crippen MR) is 152 cm³/mol. The third-order valence-corrected chi connectivity index (χ3v) is 8.30. The maximum atomic E-state index is 13.9. The molecule has 0 aromatic heterocycles. The molecule has 202 valence electrons. The number of halogens is 2. The summed E-state index contributed by atoms with van der Waals surface area (Å²) in [6, 6.07) is 18.8. The Kier molecular flexibility index (Phi) is 10.2. The smallest absolute Gasteiger partial charge is 0.264 e. The Morgan fingerprint density at radius 1 is 0.868 bits per heavy atom. The Bertz CT molecular complexity index is 1350. The number of benzene rings is 3. The quantitative estimate of drug-likeness (QED) is 0.330. The summed E-state index contributed by atoms with van der Waals surface area (Å²) in [4.78, 5) is 28.3. The summed E-state index contributed by atoms with van der Waals surface area (Å²) in [5.41, 5.74) is 1.94. The van der Waals surface area contributed by atoms with Gasteiger partial charge in [0.1, 0.15) is 12.6 Å². The van der Waals surface area contributed by atoms with E-state index in [4.69, 9.17) is 23.2 Å². The number of nitrogens with zero attached hydrogens (tertiary/aromatic N) is 2. The molecule has 7 nitrogen and oxygen atoms in total. The molecular formula is C28H31Cl2N3O4S. The van der Waals surface area contributed by atoms with Crippen LogP contribution in [0.25, 0.3) is 0 Å². The largest absolute Gasteiger partial charge is 0.355 e. The molecule has 3 aromatic carbocycles. The molecule has 2 amide bonds. The van der Waals surface area contributed by atoms with Crippen molar-refractivity contribution in [3.05, 3.63) is 94.0 Å². The number of sulfonamides is 1. The summed E-state index contributed by atoms with van der Waals surface area (Å²) in [6.07, 6.45) is 0.344. The average molecular weight is 577 g/mol. The summed E-state index contributed by atoms with van der Waals surface area (Å²) in [7, 11) is -4.13. The molecule has 0 heterocycles. The van der Waals surface area contributed by atoms with Gasteiger partial charge in [0.2, 0.25) is 11.8 Å². The van der Waals surface area contributed by atoms with Gasteiger partial charge in [0.25, 0.3) is 10.0 Å². The van der Waals surface area contributed by atoms with Crippen LogP contribution in [-0.2, 0) is 26.2 Å². The molecule has 38 heavy (non-hydrogen) atoms. The fourth-order valence-electron chi connectivity index (χ4n) is 3.97. The monoisotopic (exact) mass is 575 g/mol. The number of carbonyl (C=O) groups excluding carboxylic acids is 2. The van der Waals surface area contributed by atoms with Gasteiger partial charge in [0.05, 0.1) is 10.6 Å². The minimum absolute atomic E-state index is 0.0471. The molecule has 1 N–H and O–H groups in total. The first-order chi connectivity index (χ1) is 18.1. The van der Waals surface area contributed by atoms with Crippen LogP contribution in [0.3, 0.4) is 0 Å². The second-order valence-corrected chi connectivity index (χ2v) is 11.5. The molecule has 0 saturated heterocycles. The first-order valence-electron chi connectivity index (χ1n) is 12.2. The molecule has 0 aliphatic rings. The van der Waals surface area contributed by atoms with Crippen molar-refractivity contribution >= 4 is 50.7 Å². The summed E-state index contributed by atoms with van der Waals surface area (Å²) >= 11 is 12.1. The fourth-order valence-corrected chi connectivity index (χ4v) is 5.64. The average Bonchev–Trinajstić information content (AvgIpc) is 2.89. The molecule has 1 atom stereocenters. The van der Waals surface area contributed by atoms with Crippen LogP contribution >= 0.6 is 23.2 Å². The van der Waals surface area contributed by atoms with Crippen molar-refractivity contribution in [1.82, 2.24) is 10.2 Å². The van der Waals surface area contributed by atoms with Crippen LogP contribution in [0.5, 0.6) is 0 Å². The third-order valence-electron chi connectivity index (χ3n) is 6.01. The van der Waals surface area contributed by atoms with Crippen LogP contribution in [-0.4, -0.2) is 44.3 Å². The molecule has 0 radical (unpaired) electrons. The number of aryl methyl sites for hydroxylation is 1. The molecule has 0 fully saturated rings. The highest BCUT2D eigenvalue weighted by molar-refractivity contribution is 7.92. The molecule has 0 bridgehead atoms. The van der Waals surface area contributed by atoms with Gasteiger partial charge in [-0.2, -0.15) is 0 Å². The van der Waals surface area contributed by atoms with Crippen molar-refractivity contribution in [2.45, 2.75) is 44.7 Å². The van der Waals surface area contributed by atoms with E-state index < -0.39 is 28.5 Å². The highest BCUT2D eigenvalue weighted by atomic mass is 35.5. The van der Waals surface area contributed by atoms with Crippen molar-refractivity contribution in [2.24, 2.45) is 0 Å². The van der Waals surface area contributed by atoms with Crippen LogP contribution in [0.2, 0.25) is 10.0 Å². The van der Waals surface area contributed by atoms with Gasteiger partial charge in [-0.25, -0.2) is 8.42 Å². The lowest BCUT2D eigenvalue weighted by atomic mass is 10.1. The van der Waals surface area contributed by atoms with Gasteiger partial charge in [-0.3, -0.25) is 13.9 Å². The van der Waals surface area contributed by atoms with Gasteiger partial charge in [-0.05, 0) is 74.4 Å². The normalized spacial score (nSPS) is 12.0. The van der Waals surface area contributed by atoms with Gasteiger partial charge < -0.3 is 10.2 Å². The van der Waals surface area contributed by atoms with Crippen molar-refractivity contribution in [2.75, 3.05) is 17.4 Å². The van der Waals surface area contributed by atoms with E-state index in [-0.39, 0.29) is 23.0 Å². The lowest BCUT2D eigenvalue weighted by molar-refractivity contribution is -0.140. The Morgan fingerprint density at radius 2 is 1.42 bits per heavy atom. The van der Waals surface area contributed by atoms with Gasteiger partial charge in [0.15, 0.2) is 0 Å². The molecule has 3 aromatic rings. The topological polar surface area (TPSA) is 86.8 Å². The zero-order chi connectivity index (χ0) is 27.9. The van der Waals surface area contributed by atoms with Crippen molar-refractivity contribution < 1.29 is 18.0 Å². The SMILES string of the molecule is CCNC(=O)C(CC)N(Cc1ccc(Cl)cc1)C(=O)CN(c1ccc(Cl)cc1)S(=O)(=O)c1ccc(C)cc1. The third kappa shape index (κ3) is 7.28. The standard InChI is InChI=1S/C28H31Cl2N3O4S/c1-4-26(28(35)31-5-2)32(18-21-8-10-22(29)11-9-21)27(34)19-33(24-14-12-23(30)13-15-24)38(36,37)25-16-6-20(3)7-17-25/h6-17,26H,4-5,18-19H2,1-3H3,(H,31,35). The molecule has 0 saturated carbocycles. The summed E-state index contributed by atoms with van der Waals surface area (Å²) in [5.74, 6) is -0.833. The van der Waals surface area contributed by atoms with E-state index in [2.05, 4.69) is 5.32 Å². The van der Waals surface area contributed by atoms with E-state index in [0.717, 1.165) is 15.4 Å². The van der Waals surface area contributed by atoms with E-state index in [1.165, 1.54) is 17.0 Å². The number of amides is 2. The molecule has 0 aliphatic carbocycles. The first-order valence-corrected chi connectivity index (χ1v) is 14.4. The van der Waals surface area contributed by atoms with Gasteiger partial charge >= 0.3 is 0 Å². The summed E-state index contributed by atoms with van der Waals surface area (Å²) < 4.78 is 28.6. The van der Waals surface area contributed by atoms with Gasteiger partial charge in [-0.15, -0.1) is 0 Å². The minimum atomic E-state index is -4.13. The number of carbonyl (C=O) groups is 2. The summed E-state index contributed by atoms with van der Waals surface area (Å²) in [5, 5.41) is 3.75. The molecule has 1 unspecified atom stereocenters. The molecular weight excluding hydrogens is 545 g/mol. The Hall–Kier alpha value is -3.07. The van der Waals surface area contributed by atoms with E-state index >= 15 is 0 Å². The van der Waals surface area contributed by atoms with Crippen LogP contribution in [0.15, 0.2) is 77.7 Å². The maximum Gasteiger partial charge on any atom is 0.264 e. The van der Waals surface area contributed by atoms with E-state index in [9.17, 15) is 18.0 Å². The van der Waals surface area contributed by atoms with E-state index in [1.807, 2.05) is 13.8 Å². The Balaban J connectivity index is 2.04. The van der Waals surface area contributed by atoms with Crippen LogP contribution in [0.4, 0.5) is 5.69 Å². The van der Waals surface area contributed by atoms with Crippen molar-refractivity contribution in [3.8, 4) is 0 Å². The lowest BCUT2D eigenvalue weighted by Crippen LogP contribution is -2.52.